The van der Waals surface area contributed by atoms with Gasteiger partial charge < -0.3 is 0 Å². The number of hydrogen-bond donors (Lipinski definition) is 1. The largest absolute Gasteiger partial charge is 0.401 e. The van der Waals surface area contributed by atoms with Crippen molar-refractivity contribution in [2.75, 3.05) is 19.6 Å². The van der Waals surface area contributed by atoms with Crippen molar-refractivity contribution in [3.05, 3.63) is 29.8 Å². The topological polar surface area (TPSA) is 83.5 Å². The van der Waals surface area contributed by atoms with Crippen LogP contribution in [0.25, 0.3) is 0 Å². The molecule has 1 N–H and O–H groups in total. The van der Waals surface area contributed by atoms with Crippen molar-refractivity contribution < 1.29 is 31.2 Å². The molecule has 0 bridgehead atoms. The summed E-state index contributed by atoms with van der Waals surface area (Å²) in [5.74, 6) is -1.74. The molecule has 1 aliphatic heterocycles. The molecule has 6 nitrogen and oxygen atoms in total. The van der Waals surface area contributed by atoms with Gasteiger partial charge in [0.2, 0.25) is 5.91 Å². The van der Waals surface area contributed by atoms with Crippen LogP contribution in [0.1, 0.15) is 30.1 Å². The lowest BCUT2D eigenvalue weighted by Crippen LogP contribution is -2.44. The molecule has 0 unspecified atom stereocenters. The Morgan fingerprint density at radius 1 is 1.23 bits per heavy atom. The number of alkyl halides is 3. The lowest BCUT2D eigenvalue weighted by molar-refractivity contribution is -0.149. The first kappa shape index (κ1) is 20.4. The van der Waals surface area contributed by atoms with E-state index in [2.05, 4.69) is 0 Å². The predicted molar refractivity (Wildman–Crippen MR) is 87.0 cm³/mol. The van der Waals surface area contributed by atoms with E-state index in [-0.39, 0.29) is 42.2 Å². The van der Waals surface area contributed by atoms with Crippen LogP contribution in [0.4, 0.5) is 13.2 Å². The lowest BCUT2D eigenvalue weighted by atomic mass is 9.96. The van der Waals surface area contributed by atoms with Gasteiger partial charge in [-0.25, -0.2) is 13.1 Å². The second-order valence-corrected chi connectivity index (χ2v) is 7.90. The van der Waals surface area contributed by atoms with E-state index in [4.69, 9.17) is 0 Å². The number of nitrogens with one attached hydrogen (secondary N) is 1. The molecule has 1 aromatic rings. The number of piperidine rings is 1. The van der Waals surface area contributed by atoms with Gasteiger partial charge in [-0.15, -0.1) is 0 Å². The van der Waals surface area contributed by atoms with Crippen molar-refractivity contribution in [2.24, 2.45) is 5.92 Å². The molecule has 26 heavy (non-hydrogen) atoms. The maximum absolute atomic E-state index is 12.4. The smallest absolute Gasteiger partial charge is 0.295 e. The highest BCUT2D eigenvalue weighted by molar-refractivity contribution is 7.90. The zero-order valence-electron chi connectivity index (χ0n) is 14.0. The van der Waals surface area contributed by atoms with Crippen LogP contribution in [0.3, 0.4) is 0 Å². The summed E-state index contributed by atoms with van der Waals surface area (Å²) in [4.78, 5) is 24.5. The van der Waals surface area contributed by atoms with E-state index in [0.29, 0.717) is 0 Å². The van der Waals surface area contributed by atoms with Crippen LogP contribution in [0, 0.1) is 5.92 Å². The van der Waals surface area contributed by atoms with Crippen molar-refractivity contribution in [1.82, 2.24) is 9.62 Å². The minimum atomic E-state index is -4.31. The van der Waals surface area contributed by atoms with E-state index in [1.165, 1.54) is 36.1 Å². The average Bonchev–Trinajstić information content (AvgIpc) is 2.53. The SMILES string of the molecule is CC(=O)c1cccc(S(=O)(=O)NC(=O)C2CCN(CC(F)(F)F)CC2)c1. The van der Waals surface area contributed by atoms with Crippen LogP contribution in [0.2, 0.25) is 0 Å². The van der Waals surface area contributed by atoms with Gasteiger partial charge in [-0.05, 0) is 45.0 Å². The summed E-state index contributed by atoms with van der Waals surface area (Å²) in [6, 6.07) is 5.28. The standard InChI is InChI=1S/C16H19F3N2O4S/c1-11(22)13-3-2-4-14(9-13)26(24,25)20-15(23)12-5-7-21(8-6-12)10-16(17,18)19/h2-4,9,12H,5-8,10H2,1H3,(H,20,23). The molecule has 1 heterocycles. The predicted octanol–water partition coefficient (Wildman–Crippen LogP) is 1.97. The maximum atomic E-state index is 12.4. The Morgan fingerprint density at radius 2 is 1.85 bits per heavy atom. The number of carbonyl (C=O) groups is 2. The molecule has 0 saturated carbocycles. The summed E-state index contributed by atoms with van der Waals surface area (Å²) in [7, 11) is -4.15. The summed E-state index contributed by atoms with van der Waals surface area (Å²) >= 11 is 0. The fourth-order valence-electron chi connectivity index (χ4n) is 2.76. The third-order valence-corrected chi connectivity index (χ3v) is 5.49. The molecule has 0 spiro atoms. The van der Waals surface area contributed by atoms with Gasteiger partial charge in [0.25, 0.3) is 10.0 Å². The van der Waals surface area contributed by atoms with Gasteiger partial charge in [0.15, 0.2) is 5.78 Å². The molecule has 144 valence electrons. The molecule has 10 heteroatoms. The van der Waals surface area contributed by atoms with E-state index in [9.17, 15) is 31.2 Å². The van der Waals surface area contributed by atoms with Crippen molar-refractivity contribution in [1.29, 1.82) is 0 Å². The highest BCUT2D eigenvalue weighted by atomic mass is 32.2. The van der Waals surface area contributed by atoms with Crippen LogP contribution in [-0.4, -0.2) is 50.8 Å². The van der Waals surface area contributed by atoms with Gasteiger partial charge in [-0.3, -0.25) is 14.5 Å². The summed E-state index contributed by atoms with van der Waals surface area (Å²) in [6.45, 7) is 0.380. The minimum absolute atomic E-state index is 0.0669. The molecule has 1 amide bonds. The van der Waals surface area contributed by atoms with Crippen molar-refractivity contribution in [3.8, 4) is 0 Å². The Hall–Kier alpha value is -1.94. The second kappa shape index (κ2) is 7.75. The Kier molecular flexibility index (Phi) is 6.07. The molecule has 1 aliphatic rings. The van der Waals surface area contributed by atoms with E-state index in [1.807, 2.05) is 4.72 Å². The maximum Gasteiger partial charge on any atom is 0.401 e. The lowest BCUT2D eigenvalue weighted by Gasteiger charge is -2.31. The third-order valence-electron chi connectivity index (χ3n) is 4.15. The molecular weight excluding hydrogens is 373 g/mol. The number of Topliss-reactive ketones (excluding diaryl/α,β-unsaturated/α-hetero) is 1. The third kappa shape index (κ3) is 5.53. The summed E-state index contributed by atoms with van der Waals surface area (Å²) < 4.78 is 63.7. The summed E-state index contributed by atoms with van der Waals surface area (Å²) in [6.07, 6.45) is -4.02. The zero-order valence-corrected chi connectivity index (χ0v) is 14.9. The van der Waals surface area contributed by atoms with Crippen LogP contribution in [0.15, 0.2) is 29.2 Å². The van der Waals surface area contributed by atoms with Gasteiger partial charge in [0.1, 0.15) is 0 Å². The first-order chi connectivity index (χ1) is 12.0. The first-order valence-electron chi connectivity index (χ1n) is 7.95. The van der Waals surface area contributed by atoms with Gasteiger partial charge in [0, 0.05) is 11.5 Å². The minimum Gasteiger partial charge on any atom is -0.295 e. The van der Waals surface area contributed by atoms with Gasteiger partial charge in [-0.1, -0.05) is 12.1 Å². The number of halogens is 3. The number of rotatable bonds is 5. The molecule has 1 fully saturated rings. The molecule has 0 atom stereocenters. The number of likely N-dealkylation sites (tertiary alicyclic amines) is 1. The van der Waals surface area contributed by atoms with Crippen molar-refractivity contribution in [2.45, 2.75) is 30.8 Å². The summed E-state index contributed by atoms with van der Waals surface area (Å²) in [5.41, 5.74) is 0.195. The van der Waals surface area contributed by atoms with Crippen LogP contribution < -0.4 is 4.72 Å². The summed E-state index contributed by atoms with van der Waals surface area (Å²) in [5, 5.41) is 0. The van der Waals surface area contributed by atoms with Gasteiger partial charge >= 0.3 is 6.18 Å². The Labute approximate surface area is 149 Å². The monoisotopic (exact) mass is 392 g/mol. The van der Waals surface area contributed by atoms with Crippen molar-refractivity contribution >= 4 is 21.7 Å². The number of nitrogens with zero attached hydrogens (tertiary/aromatic N) is 1. The average molecular weight is 392 g/mol. The number of hydrogen-bond acceptors (Lipinski definition) is 5. The van der Waals surface area contributed by atoms with Crippen LogP contribution >= 0.6 is 0 Å². The highest BCUT2D eigenvalue weighted by Gasteiger charge is 2.34. The van der Waals surface area contributed by atoms with E-state index < -0.39 is 34.6 Å². The number of sulfonamides is 1. The van der Waals surface area contributed by atoms with E-state index in [0.717, 1.165) is 0 Å². The quantitative estimate of drug-likeness (QED) is 0.775. The van der Waals surface area contributed by atoms with Crippen molar-refractivity contribution in [3.63, 3.8) is 0 Å². The highest BCUT2D eigenvalue weighted by Crippen LogP contribution is 2.23. The van der Waals surface area contributed by atoms with Gasteiger partial charge in [0.05, 0.1) is 11.4 Å². The molecule has 0 aliphatic carbocycles. The fraction of sp³-hybridized carbons (Fsp3) is 0.500. The fourth-order valence-corrected chi connectivity index (χ4v) is 3.85. The van der Waals surface area contributed by atoms with E-state index >= 15 is 0 Å². The molecule has 1 aromatic carbocycles. The molecule has 0 radical (unpaired) electrons. The Balaban J connectivity index is 1.99. The Bertz CT molecular complexity index is 785. The number of ketones is 1. The normalized spacial score (nSPS) is 17.1. The molecule has 0 aromatic heterocycles. The Morgan fingerprint density at radius 3 is 2.38 bits per heavy atom. The molecule has 1 saturated heterocycles. The molecule has 2 rings (SSSR count). The van der Waals surface area contributed by atoms with Gasteiger partial charge in [-0.2, -0.15) is 13.2 Å². The first-order valence-corrected chi connectivity index (χ1v) is 9.43. The number of benzene rings is 1. The van der Waals surface area contributed by atoms with E-state index in [1.54, 1.807) is 0 Å². The number of amides is 1. The zero-order chi connectivity index (χ0) is 19.5. The number of carbonyl (C=O) groups excluding carboxylic acids is 2. The second-order valence-electron chi connectivity index (χ2n) is 6.22. The van der Waals surface area contributed by atoms with Crippen LogP contribution in [-0.2, 0) is 14.8 Å². The van der Waals surface area contributed by atoms with Crippen LogP contribution in [0.5, 0.6) is 0 Å². The molecular formula is C16H19F3N2O4S.